The van der Waals surface area contributed by atoms with Crippen molar-refractivity contribution in [3.8, 4) is 5.75 Å². The highest BCUT2D eigenvalue weighted by atomic mass is 32.2. The van der Waals surface area contributed by atoms with Crippen LogP contribution < -0.4 is 4.74 Å². The Bertz CT molecular complexity index is 816. The van der Waals surface area contributed by atoms with Crippen LogP contribution in [0.1, 0.15) is 32.1 Å². The number of nitrogens with zero attached hydrogens (tertiary/aromatic N) is 1. The molecule has 1 aliphatic heterocycles. The van der Waals surface area contributed by atoms with E-state index in [1.807, 2.05) is 24.3 Å². The molecule has 0 aliphatic carbocycles. The van der Waals surface area contributed by atoms with E-state index < -0.39 is 0 Å². The molecule has 1 aromatic heterocycles. The Morgan fingerprint density at radius 2 is 1.88 bits per heavy atom. The summed E-state index contributed by atoms with van der Waals surface area (Å²) in [5.41, 5.74) is 1.31. The highest BCUT2D eigenvalue weighted by molar-refractivity contribution is 8.18. The normalized spacial score (nSPS) is 16.6. The van der Waals surface area contributed by atoms with Crippen LogP contribution in [0.5, 0.6) is 5.75 Å². The second-order valence-electron chi connectivity index (χ2n) is 6.97. The molecule has 0 unspecified atom stereocenters. The zero-order chi connectivity index (χ0) is 18.7. The van der Waals surface area contributed by atoms with E-state index in [1.54, 1.807) is 18.2 Å². The molecular formula is C20H21NO4S. The summed E-state index contributed by atoms with van der Waals surface area (Å²) in [5.74, 6) is 0.949. The molecule has 0 N–H and O–H groups in total. The minimum Gasteiger partial charge on any atom is -0.492 e. The van der Waals surface area contributed by atoms with Crippen LogP contribution in [0.2, 0.25) is 0 Å². The summed E-state index contributed by atoms with van der Waals surface area (Å²) in [6.07, 6.45) is 3.10. The van der Waals surface area contributed by atoms with Gasteiger partial charge in [0.15, 0.2) is 0 Å². The molecule has 0 bridgehead atoms. The monoisotopic (exact) mass is 371 g/mol. The molecule has 2 amide bonds. The topological polar surface area (TPSA) is 59.8 Å². The molecular weight excluding hydrogens is 350 g/mol. The fourth-order valence-electron chi connectivity index (χ4n) is 2.50. The molecule has 136 valence electrons. The lowest BCUT2D eigenvalue weighted by molar-refractivity contribution is -0.123. The average molecular weight is 371 g/mol. The van der Waals surface area contributed by atoms with Gasteiger partial charge in [0.05, 0.1) is 17.7 Å². The molecule has 5 nitrogen and oxygen atoms in total. The van der Waals surface area contributed by atoms with Crippen LogP contribution in [0.3, 0.4) is 0 Å². The van der Waals surface area contributed by atoms with E-state index in [9.17, 15) is 9.59 Å². The Labute approximate surface area is 157 Å². The number of benzene rings is 1. The number of hydrogen-bond acceptors (Lipinski definition) is 5. The third kappa shape index (κ3) is 4.19. The quantitative estimate of drug-likeness (QED) is 0.714. The van der Waals surface area contributed by atoms with E-state index in [4.69, 9.17) is 9.15 Å². The van der Waals surface area contributed by atoms with Crippen molar-refractivity contribution in [1.82, 2.24) is 4.90 Å². The van der Waals surface area contributed by atoms with Crippen molar-refractivity contribution >= 4 is 29.0 Å². The minimum atomic E-state index is -0.317. The van der Waals surface area contributed by atoms with Crippen LogP contribution in [0, 0.1) is 0 Å². The van der Waals surface area contributed by atoms with Crippen LogP contribution >= 0.6 is 11.8 Å². The Morgan fingerprint density at radius 1 is 1.15 bits per heavy atom. The molecule has 2 heterocycles. The average Bonchev–Trinajstić information content (AvgIpc) is 3.18. The molecule has 1 aliphatic rings. The molecule has 6 heteroatoms. The first-order valence-corrected chi connectivity index (χ1v) is 9.18. The summed E-state index contributed by atoms with van der Waals surface area (Å²) in [5, 5.41) is -0.292. The summed E-state index contributed by atoms with van der Waals surface area (Å²) < 4.78 is 10.9. The van der Waals surface area contributed by atoms with Crippen molar-refractivity contribution < 1.29 is 18.7 Å². The Morgan fingerprint density at radius 3 is 2.50 bits per heavy atom. The SMILES string of the molecule is CC(C)(C)c1ccc(OCCN2C(=O)SC(=Cc3ccco3)C2=O)cc1. The zero-order valence-electron chi connectivity index (χ0n) is 15.0. The number of thioether (sulfide) groups is 1. The molecule has 0 saturated carbocycles. The van der Waals surface area contributed by atoms with Gasteiger partial charge in [-0.15, -0.1) is 0 Å². The van der Waals surface area contributed by atoms with Gasteiger partial charge in [0.25, 0.3) is 11.1 Å². The first-order chi connectivity index (χ1) is 12.3. The smallest absolute Gasteiger partial charge is 0.293 e. The standard InChI is InChI=1S/C20H21NO4S/c1-20(2,3)14-6-8-15(9-7-14)25-12-10-21-18(22)17(26-19(21)23)13-16-5-4-11-24-16/h4-9,11,13H,10,12H2,1-3H3. The van der Waals surface area contributed by atoms with Crippen molar-refractivity contribution in [2.75, 3.05) is 13.2 Å². The van der Waals surface area contributed by atoms with Gasteiger partial charge in [0.1, 0.15) is 18.1 Å². The largest absolute Gasteiger partial charge is 0.492 e. The molecule has 1 aromatic carbocycles. The number of rotatable bonds is 5. The molecule has 3 rings (SSSR count). The molecule has 0 atom stereocenters. The van der Waals surface area contributed by atoms with Gasteiger partial charge in [0.2, 0.25) is 0 Å². The number of ether oxygens (including phenoxy) is 1. The summed E-state index contributed by atoms with van der Waals surface area (Å²) in [7, 11) is 0. The third-order valence-corrected chi connectivity index (χ3v) is 4.90. The van der Waals surface area contributed by atoms with E-state index in [-0.39, 0.29) is 29.7 Å². The lowest BCUT2D eigenvalue weighted by atomic mass is 9.87. The minimum absolute atomic E-state index is 0.0842. The van der Waals surface area contributed by atoms with Crippen molar-refractivity contribution in [2.45, 2.75) is 26.2 Å². The van der Waals surface area contributed by atoms with Crippen LogP contribution in [-0.2, 0) is 10.2 Å². The van der Waals surface area contributed by atoms with Crippen LogP contribution in [-0.4, -0.2) is 29.2 Å². The van der Waals surface area contributed by atoms with Crippen LogP contribution in [0.25, 0.3) is 6.08 Å². The Hall–Kier alpha value is -2.47. The summed E-state index contributed by atoms with van der Waals surface area (Å²) in [6, 6.07) is 11.3. The van der Waals surface area contributed by atoms with Crippen LogP contribution in [0.15, 0.2) is 52.0 Å². The maximum Gasteiger partial charge on any atom is 0.293 e. The first-order valence-electron chi connectivity index (χ1n) is 8.37. The predicted octanol–water partition coefficient (Wildman–Crippen LogP) is 4.69. The third-order valence-electron chi connectivity index (χ3n) is 3.99. The van der Waals surface area contributed by atoms with Crippen molar-refractivity contribution in [3.63, 3.8) is 0 Å². The highest BCUT2D eigenvalue weighted by Crippen LogP contribution is 2.32. The highest BCUT2D eigenvalue weighted by Gasteiger charge is 2.35. The van der Waals surface area contributed by atoms with E-state index in [0.29, 0.717) is 10.7 Å². The second-order valence-corrected chi connectivity index (χ2v) is 7.96. The molecule has 0 spiro atoms. The summed E-state index contributed by atoms with van der Waals surface area (Å²) >= 11 is 0.914. The van der Waals surface area contributed by atoms with Gasteiger partial charge in [-0.2, -0.15) is 0 Å². The van der Waals surface area contributed by atoms with Gasteiger partial charge in [0, 0.05) is 6.08 Å². The van der Waals surface area contributed by atoms with Gasteiger partial charge < -0.3 is 9.15 Å². The summed E-state index contributed by atoms with van der Waals surface area (Å²) in [6.45, 7) is 6.92. The van der Waals surface area contributed by atoms with Gasteiger partial charge in [-0.25, -0.2) is 0 Å². The first kappa shape index (κ1) is 18.3. The molecule has 1 saturated heterocycles. The molecule has 1 fully saturated rings. The predicted molar refractivity (Wildman–Crippen MR) is 102 cm³/mol. The Balaban J connectivity index is 1.56. The molecule has 26 heavy (non-hydrogen) atoms. The lowest BCUT2D eigenvalue weighted by Gasteiger charge is -2.19. The van der Waals surface area contributed by atoms with E-state index in [0.717, 1.165) is 17.5 Å². The second kappa shape index (κ2) is 7.41. The van der Waals surface area contributed by atoms with Gasteiger partial charge >= 0.3 is 0 Å². The number of imide groups is 1. The molecule has 0 radical (unpaired) electrons. The number of furan rings is 1. The number of carbonyl (C=O) groups is 2. The maximum absolute atomic E-state index is 12.4. The van der Waals surface area contributed by atoms with E-state index in [1.165, 1.54) is 16.7 Å². The van der Waals surface area contributed by atoms with Crippen LogP contribution in [0.4, 0.5) is 4.79 Å². The number of hydrogen-bond donors (Lipinski definition) is 0. The van der Waals surface area contributed by atoms with Crippen molar-refractivity contribution in [2.24, 2.45) is 0 Å². The van der Waals surface area contributed by atoms with Crippen molar-refractivity contribution in [1.29, 1.82) is 0 Å². The lowest BCUT2D eigenvalue weighted by Crippen LogP contribution is -2.32. The van der Waals surface area contributed by atoms with Crippen molar-refractivity contribution in [3.05, 3.63) is 58.9 Å². The van der Waals surface area contributed by atoms with Gasteiger partial charge in [-0.3, -0.25) is 14.5 Å². The summed E-state index contributed by atoms with van der Waals surface area (Å²) in [4.78, 5) is 26.0. The van der Waals surface area contributed by atoms with Gasteiger partial charge in [-0.1, -0.05) is 32.9 Å². The van der Waals surface area contributed by atoms with E-state index in [2.05, 4.69) is 20.8 Å². The maximum atomic E-state index is 12.4. The zero-order valence-corrected chi connectivity index (χ0v) is 15.8. The number of carbonyl (C=O) groups excluding carboxylic acids is 2. The fraction of sp³-hybridized carbons (Fsp3) is 0.300. The Kier molecular flexibility index (Phi) is 5.23. The van der Waals surface area contributed by atoms with Gasteiger partial charge in [-0.05, 0) is 47.0 Å². The van der Waals surface area contributed by atoms with E-state index >= 15 is 0 Å². The number of amides is 2. The molecule has 2 aromatic rings. The fourth-order valence-corrected chi connectivity index (χ4v) is 3.35.